The molecule has 2 N–H and O–H groups in total. The second-order valence-electron chi connectivity index (χ2n) is 4.30. The lowest BCUT2D eigenvalue weighted by atomic mass is 9.96. The summed E-state index contributed by atoms with van der Waals surface area (Å²) in [5, 5.41) is 0. The van der Waals surface area contributed by atoms with Crippen LogP contribution in [0.25, 0.3) is 0 Å². The molecular formula is C13H22N2O. The number of rotatable bonds is 3. The van der Waals surface area contributed by atoms with Crippen molar-refractivity contribution in [2.75, 3.05) is 6.54 Å². The van der Waals surface area contributed by atoms with E-state index < -0.39 is 0 Å². The predicted octanol–water partition coefficient (Wildman–Crippen LogP) is 1.85. The summed E-state index contributed by atoms with van der Waals surface area (Å²) in [6, 6.07) is 0.525. The minimum absolute atomic E-state index is 0.0840. The Kier molecular flexibility index (Phi) is 5.26. The number of carbonyl (C=O) groups is 1. The average Bonchev–Trinajstić information content (AvgIpc) is 2.28. The molecule has 1 heterocycles. The molecule has 90 valence electrons. The Hall–Kier alpha value is -1.09. The van der Waals surface area contributed by atoms with Gasteiger partial charge in [0.25, 0.3) is 0 Å². The molecule has 2 atom stereocenters. The molecule has 1 aliphatic rings. The maximum Gasteiger partial charge on any atom is 0.247 e. The van der Waals surface area contributed by atoms with Crippen LogP contribution < -0.4 is 5.73 Å². The molecule has 0 bridgehead atoms. The second kappa shape index (κ2) is 6.48. The van der Waals surface area contributed by atoms with Crippen LogP contribution in [0.1, 0.15) is 33.1 Å². The van der Waals surface area contributed by atoms with Gasteiger partial charge in [-0.05, 0) is 33.1 Å². The maximum atomic E-state index is 12.0. The van der Waals surface area contributed by atoms with Gasteiger partial charge in [0.2, 0.25) is 5.91 Å². The Balaban J connectivity index is 2.69. The largest absolute Gasteiger partial charge is 0.332 e. The van der Waals surface area contributed by atoms with Gasteiger partial charge in [0, 0.05) is 24.7 Å². The first-order chi connectivity index (χ1) is 7.70. The van der Waals surface area contributed by atoms with Gasteiger partial charge in [-0.1, -0.05) is 18.2 Å². The van der Waals surface area contributed by atoms with Crippen molar-refractivity contribution >= 4 is 5.91 Å². The Morgan fingerprint density at radius 2 is 2.19 bits per heavy atom. The molecule has 0 aliphatic carbocycles. The summed E-state index contributed by atoms with van der Waals surface area (Å²) < 4.78 is 0. The highest BCUT2D eigenvalue weighted by Gasteiger charge is 2.29. The highest BCUT2D eigenvalue weighted by Crippen LogP contribution is 2.22. The lowest BCUT2D eigenvalue weighted by molar-refractivity contribution is -0.132. The maximum absolute atomic E-state index is 12.0. The summed E-state index contributed by atoms with van der Waals surface area (Å²) in [7, 11) is 0. The highest BCUT2D eigenvalue weighted by atomic mass is 16.2. The van der Waals surface area contributed by atoms with Crippen molar-refractivity contribution in [2.45, 2.75) is 45.2 Å². The van der Waals surface area contributed by atoms with Gasteiger partial charge >= 0.3 is 0 Å². The van der Waals surface area contributed by atoms with Crippen molar-refractivity contribution in [3.63, 3.8) is 0 Å². The SMILES string of the molecule is CC=CC=CC(=O)N1C(C)CCCC1CN. The summed E-state index contributed by atoms with van der Waals surface area (Å²) in [6.07, 6.45) is 10.5. The number of hydrogen-bond donors (Lipinski definition) is 1. The van der Waals surface area contributed by atoms with Gasteiger partial charge in [0.15, 0.2) is 0 Å². The van der Waals surface area contributed by atoms with Crippen molar-refractivity contribution < 1.29 is 4.79 Å². The predicted molar refractivity (Wildman–Crippen MR) is 67.0 cm³/mol. The topological polar surface area (TPSA) is 46.3 Å². The van der Waals surface area contributed by atoms with Crippen molar-refractivity contribution in [1.29, 1.82) is 0 Å². The van der Waals surface area contributed by atoms with Crippen LogP contribution in [-0.2, 0) is 4.79 Å². The van der Waals surface area contributed by atoms with E-state index in [0.29, 0.717) is 12.6 Å². The number of nitrogens with zero attached hydrogens (tertiary/aromatic N) is 1. The van der Waals surface area contributed by atoms with E-state index in [9.17, 15) is 4.79 Å². The van der Waals surface area contributed by atoms with Crippen LogP contribution in [-0.4, -0.2) is 29.4 Å². The van der Waals surface area contributed by atoms with E-state index in [1.807, 2.05) is 24.0 Å². The summed E-state index contributed by atoms with van der Waals surface area (Å²) in [5.41, 5.74) is 5.72. The molecule has 3 nitrogen and oxygen atoms in total. The summed E-state index contributed by atoms with van der Waals surface area (Å²) in [5.74, 6) is 0.0840. The normalized spacial score (nSPS) is 26.8. The third-order valence-corrected chi connectivity index (χ3v) is 3.10. The number of nitrogens with two attached hydrogens (primary N) is 1. The molecule has 0 radical (unpaired) electrons. The smallest absolute Gasteiger partial charge is 0.247 e. The minimum Gasteiger partial charge on any atom is -0.332 e. The first-order valence-corrected chi connectivity index (χ1v) is 6.02. The summed E-state index contributed by atoms with van der Waals surface area (Å²) >= 11 is 0. The van der Waals surface area contributed by atoms with Crippen molar-refractivity contribution in [2.24, 2.45) is 5.73 Å². The number of carbonyl (C=O) groups excluding carboxylic acids is 1. The molecule has 0 spiro atoms. The standard InChI is InChI=1S/C13H22N2O/c1-3-4-5-9-13(16)15-11(2)7-6-8-12(15)10-14/h3-5,9,11-12H,6-8,10,14H2,1-2H3. The first kappa shape index (κ1) is 13.0. The molecule has 1 saturated heterocycles. The molecule has 1 aliphatic heterocycles. The molecule has 1 fully saturated rings. The lowest BCUT2D eigenvalue weighted by Crippen LogP contribution is -2.51. The number of piperidine rings is 1. The zero-order valence-corrected chi connectivity index (χ0v) is 10.2. The van der Waals surface area contributed by atoms with Crippen molar-refractivity contribution in [3.8, 4) is 0 Å². The van der Waals surface area contributed by atoms with Gasteiger partial charge in [0.05, 0.1) is 0 Å². The van der Waals surface area contributed by atoms with Gasteiger partial charge in [-0.2, -0.15) is 0 Å². The lowest BCUT2D eigenvalue weighted by Gasteiger charge is -2.39. The van der Waals surface area contributed by atoms with E-state index >= 15 is 0 Å². The third-order valence-electron chi connectivity index (χ3n) is 3.10. The summed E-state index contributed by atoms with van der Waals surface area (Å²) in [6.45, 7) is 4.60. The van der Waals surface area contributed by atoms with Crippen LogP contribution in [0.2, 0.25) is 0 Å². The van der Waals surface area contributed by atoms with Gasteiger partial charge in [-0.3, -0.25) is 4.79 Å². The van der Waals surface area contributed by atoms with Crippen LogP contribution in [0, 0.1) is 0 Å². The second-order valence-corrected chi connectivity index (χ2v) is 4.30. The molecule has 1 amide bonds. The fourth-order valence-corrected chi connectivity index (χ4v) is 2.25. The van der Waals surface area contributed by atoms with Crippen LogP contribution in [0.4, 0.5) is 0 Å². The molecule has 1 rings (SSSR count). The molecule has 2 unspecified atom stereocenters. The zero-order chi connectivity index (χ0) is 12.0. The zero-order valence-electron chi connectivity index (χ0n) is 10.2. The van der Waals surface area contributed by atoms with Crippen LogP contribution in [0.3, 0.4) is 0 Å². The Labute approximate surface area is 98.0 Å². The fraction of sp³-hybridized carbons (Fsp3) is 0.615. The monoisotopic (exact) mass is 222 g/mol. The molecule has 3 heteroatoms. The molecule has 0 aromatic heterocycles. The molecule has 0 aromatic rings. The summed E-state index contributed by atoms with van der Waals surface area (Å²) in [4.78, 5) is 13.9. The first-order valence-electron chi connectivity index (χ1n) is 6.02. The van der Waals surface area contributed by atoms with E-state index in [1.54, 1.807) is 12.2 Å². The Morgan fingerprint density at radius 1 is 1.44 bits per heavy atom. The van der Waals surface area contributed by atoms with Crippen LogP contribution in [0.5, 0.6) is 0 Å². The van der Waals surface area contributed by atoms with Crippen molar-refractivity contribution in [1.82, 2.24) is 4.90 Å². The van der Waals surface area contributed by atoms with E-state index in [-0.39, 0.29) is 11.9 Å². The number of hydrogen-bond acceptors (Lipinski definition) is 2. The Morgan fingerprint density at radius 3 is 2.81 bits per heavy atom. The van der Waals surface area contributed by atoms with E-state index in [4.69, 9.17) is 5.73 Å². The number of amides is 1. The van der Waals surface area contributed by atoms with E-state index in [2.05, 4.69) is 6.92 Å². The Bertz CT molecular complexity index is 284. The molecule has 0 aromatic carbocycles. The van der Waals surface area contributed by atoms with E-state index in [1.165, 1.54) is 6.42 Å². The molecular weight excluding hydrogens is 200 g/mol. The van der Waals surface area contributed by atoms with Gasteiger partial charge in [-0.25, -0.2) is 0 Å². The van der Waals surface area contributed by atoms with Gasteiger partial charge < -0.3 is 10.6 Å². The number of likely N-dealkylation sites (tertiary alicyclic amines) is 1. The average molecular weight is 222 g/mol. The minimum atomic E-state index is 0.0840. The van der Waals surface area contributed by atoms with E-state index in [0.717, 1.165) is 12.8 Å². The van der Waals surface area contributed by atoms with Crippen LogP contribution >= 0.6 is 0 Å². The highest BCUT2D eigenvalue weighted by molar-refractivity contribution is 5.88. The third kappa shape index (κ3) is 3.20. The quantitative estimate of drug-likeness (QED) is 0.585. The molecule has 0 saturated carbocycles. The van der Waals surface area contributed by atoms with Gasteiger partial charge in [-0.15, -0.1) is 0 Å². The molecule has 16 heavy (non-hydrogen) atoms. The van der Waals surface area contributed by atoms with Crippen LogP contribution in [0.15, 0.2) is 24.3 Å². The van der Waals surface area contributed by atoms with Gasteiger partial charge in [0.1, 0.15) is 0 Å². The van der Waals surface area contributed by atoms with Crippen molar-refractivity contribution in [3.05, 3.63) is 24.3 Å². The fourth-order valence-electron chi connectivity index (χ4n) is 2.25. The number of allylic oxidation sites excluding steroid dienone is 3.